The molecule has 1 aromatic carbocycles. The molecule has 4 N–H and O–H groups in total. The minimum atomic E-state index is -0.178. The molecule has 0 radical (unpaired) electrons. The number of nitrogens with one attached hydrogen (secondary N) is 2. The molecule has 1 saturated heterocycles. The minimum absolute atomic E-state index is 0.00160. The predicted molar refractivity (Wildman–Crippen MR) is 114 cm³/mol. The fraction of sp³-hybridized carbons (Fsp3) is 0.600. The van der Waals surface area contributed by atoms with Crippen LogP contribution >= 0.6 is 11.6 Å². The highest BCUT2D eigenvalue weighted by molar-refractivity contribution is 6.30. The molecule has 1 fully saturated rings. The van der Waals surface area contributed by atoms with Crippen molar-refractivity contribution >= 4 is 23.5 Å². The van der Waals surface area contributed by atoms with Crippen molar-refractivity contribution in [2.24, 2.45) is 16.6 Å². The summed E-state index contributed by atoms with van der Waals surface area (Å²) in [6.45, 7) is 6.21. The van der Waals surface area contributed by atoms with Crippen LogP contribution in [0.4, 0.5) is 0 Å². The van der Waals surface area contributed by atoms with E-state index < -0.39 is 0 Å². The van der Waals surface area contributed by atoms with Crippen LogP contribution in [0.3, 0.4) is 0 Å². The van der Waals surface area contributed by atoms with Crippen molar-refractivity contribution in [3.63, 3.8) is 0 Å². The van der Waals surface area contributed by atoms with Crippen LogP contribution in [0.15, 0.2) is 29.3 Å². The van der Waals surface area contributed by atoms with E-state index >= 15 is 0 Å². The van der Waals surface area contributed by atoms with Gasteiger partial charge in [0.15, 0.2) is 5.96 Å². The van der Waals surface area contributed by atoms with Crippen molar-refractivity contribution in [2.75, 3.05) is 39.8 Å². The molecule has 2 rings (SSSR count). The van der Waals surface area contributed by atoms with Gasteiger partial charge >= 0.3 is 0 Å². The number of primary amides is 1. The van der Waals surface area contributed by atoms with E-state index in [9.17, 15) is 4.79 Å². The zero-order valence-corrected chi connectivity index (χ0v) is 17.5. The number of nitrogens with two attached hydrogens (primary N) is 1. The van der Waals surface area contributed by atoms with Gasteiger partial charge in [-0.2, -0.15) is 0 Å². The Morgan fingerprint density at radius 3 is 2.82 bits per heavy atom. The maximum absolute atomic E-state index is 11.4. The molecule has 1 aliphatic heterocycles. The standard InChI is InChI=1S/C20H32ClN5O2/c1-15(28-18-8-6-17(21)7-9-18)13-25-20(23-2)24-10-4-12-26-11-3-5-16(14-26)19(22)27/h6-9,15-16H,3-5,10-14H2,1-2H3,(H2,22,27)(H2,23,24,25). The quantitative estimate of drug-likeness (QED) is 0.329. The summed E-state index contributed by atoms with van der Waals surface area (Å²) in [6, 6.07) is 7.33. The summed E-state index contributed by atoms with van der Waals surface area (Å²) in [5.41, 5.74) is 5.44. The summed E-state index contributed by atoms with van der Waals surface area (Å²) in [7, 11) is 1.75. The third-order valence-corrected chi connectivity index (χ3v) is 5.03. The first-order chi connectivity index (χ1) is 13.5. The summed E-state index contributed by atoms with van der Waals surface area (Å²) in [4.78, 5) is 17.9. The van der Waals surface area contributed by atoms with Crippen molar-refractivity contribution in [1.82, 2.24) is 15.5 Å². The van der Waals surface area contributed by atoms with Crippen LogP contribution in [0.5, 0.6) is 5.75 Å². The Morgan fingerprint density at radius 1 is 1.39 bits per heavy atom. The number of hydrogen-bond donors (Lipinski definition) is 3. The number of nitrogens with zero attached hydrogens (tertiary/aromatic N) is 2. The highest BCUT2D eigenvalue weighted by atomic mass is 35.5. The Morgan fingerprint density at radius 2 is 2.14 bits per heavy atom. The number of halogens is 1. The smallest absolute Gasteiger partial charge is 0.221 e. The van der Waals surface area contributed by atoms with Crippen LogP contribution in [0, 0.1) is 5.92 Å². The second kappa shape index (κ2) is 11.8. The Balaban J connectivity index is 1.61. The number of ether oxygens (including phenoxy) is 1. The highest BCUT2D eigenvalue weighted by Crippen LogP contribution is 2.17. The lowest BCUT2D eigenvalue weighted by molar-refractivity contribution is -0.123. The van der Waals surface area contributed by atoms with E-state index in [0.29, 0.717) is 11.6 Å². The molecule has 156 valence electrons. The van der Waals surface area contributed by atoms with Gasteiger partial charge < -0.3 is 26.0 Å². The number of hydrogen-bond acceptors (Lipinski definition) is 4. The number of likely N-dealkylation sites (tertiary alicyclic amines) is 1. The first-order valence-electron chi connectivity index (χ1n) is 9.86. The number of amides is 1. The van der Waals surface area contributed by atoms with E-state index in [2.05, 4.69) is 20.5 Å². The van der Waals surface area contributed by atoms with E-state index in [4.69, 9.17) is 22.1 Å². The zero-order valence-electron chi connectivity index (χ0n) is 16.8. The molecule has 0 bridgehead atoms. The summed E-state index contributed by atoms with van der Waals surface area (Å²) in [6.07, 6.45) is 2.91. The summed E-state index contributed by atoms with van der Waals surface area (Å²) in [5.74, 6) is 1.36. The molecule has 8 heteroatoms. The Bertz CT molecular complexity index is 638. The third-order valence-electron chi connectivity index (χ3n) is 4.78. The Hall–Kier alpha value is -1.99. The van der Waals surface area contributed by atoms with Gasteiger partial charge in [-0.25, -0.2) is 0 Å². The number of carbonyl (C=O) groups excluding carboxylic acids is 1. The summed E-state index contributed by atoms with van der Waals surface area (Å²) < 4.78 is 5.85. The van der Waals surface area contributed by atoms with Gasteiger partial charge in [0.05, 0.1) is 12.5 Å². The highest BCUT2D eigenvalue weighted by Gasteiger charge is 2.23. The first-order valence-corrected chi connectivity index (χ1v) is 10.2. The van der Waals surface area contributed by atoms with Gasteiger partial charge in [-0.1, -0.05) is 11.6 Å². The number of rotatable bonds is 9. The van der Waals surface area contributed by atoms with Crippen molar-refractivity contribution in [3.8, 4) is 5.75 Å². The van der Waals surface area contributed by atoms with Gasteiger partial charge in [-0.05, 0) is 63.5 Å². The maximum Gasteiger partial charge on any atom is 0.221 e. The molecule has 2 unspecified atom stereocenters. The third kappa shape index (κ3) is 7.94. The van der Waals surface area contributed by atoms with E-state index in [1.165, 1.54) is 0 Å². The largest absolute Gasteiger partial charge is 0.489 e. The molecule has 1 amide bonds. The van der Waals surface area contributed by atoms with Gasteiger partial charge in [0.25, 0.3) is 0 Å². The van der Waals surface area contributed by atoms with E-state index in [1.54, 1.807) is 7.05 Å². The van der Waals surface area contributed by atoms with Gasteiger partial charge in [0.1, 0.15) is 11.9 Å². The molecule has 0 aromatic heterocycles. The van der Waals surface area contributed by atoms with Crippen LogP contribution < -0.4 is 21.1 Å². The molecule has 28 heavy (non-hydrogen) atoms. The van der Waals surface area contributed by atoms with E-state index in [1.807, 2.05) is 31.2 Å². The van der Waals surface area contributed by atoms with Gasteiger partial charge in [0.2, 0.25) is 5.91 Å². The SMILES string of the molecule is CN=C(NCCCN1CCCC(C(N)=O)C1)NCC(C)Oc1ccc(Cl)cc1. The normalized spacial score (nSPS) is 19.1. The van der Waals surface area contributed by atoms with Crippen LogP contribution in [0.2, 0.25) is 5.02 Å². The molecule has 0 spiro atoms. The van der Waals surface area contributed by atoms with Gasteiger partial charge in [-0.15, -0.1) is 0 Å². The number of piperidine rings is 1. The minimum Gasteiger partial charge on any atom is -0.489 e. The molecule has 0 aliphatic carbocycles. The lowest BCUT2D eigenvalue weighted by Gasteiger charge is -2.31. The molecular formula is C20H32ClN5O2. The first kappa shape index (κ1) is 22.3. The molecule has 2 atom stereocenters. The molecule has 7 nitrogen and oxygen atoms in total. The number of carbonyl (C=O) groups is 1. The molecule has 1 heterocycles. The number of benzene rings is 1. The Kier molecular flexibility index (Phi) is 9.37. The van der Waals surface area contributed by atoms with Crippen LogP contribution in [-0.4, -0.2) is 62.6 Å². The Labute approximate surface area is 172 Å². The van der Waals surface area contributed by atoms with Crippen LogP contribution in [0.1, 0.15) is 26.2 Å². The fourth-order valence-electron chi connectivity index (χ4n) is 3.25. The topological polar surface area (TPSA) is 92.0 Å². The van der Waals surface area contributed by atoms with Crippen molar-refractivity contribution < 1.29 is 9.53 Å². The number of aliphatic imine (C=N–C) groups is 1. The second-order valence-electron chi connectivity index (χ2n) is 7.16. The lowest BCUT2D eigenvalue weighted by Crippen LogP contribution is -2.44. The monoisotopic (exact) mass is 409 g/mol. The van der Waals surface area contributed by atoms with Crippen molar-refractivity contribution in [1.29, 1.82) is 0 Å². The van der Waals surface area contributed by atoms with Gasteiger partial charge in [-0.3, -0.25) is 9.79 Å². The van der Waals surface area contributed by atoms with Crippen molar-refractivity contribution in [2.45, 2.75) is 32.3 Å². The molecule has 1 aromatic rings. The number of guanidine groups is 1. The second-order valence-corrected chi connectivity index (χ2v) is 7.59. The average Bonchev–Trinajstić information content (AvgIpc) is 2.69. The predicted octanol–water partition coefficient (Wildman–Crippen LogP) is 1.86. The van der Waals surface area contributed by atoms with E-state index in [0.717, 1.165) is 57.2 Å². The molecule has 0 saturated carbocycles. The maximum atomic E-state index is 11.4. The summed E-state index contributed by atoms with van der Waals surface area (Å²) >= 11 is 5.89. The average molecular weight is 410 g/mol. The molecular weight excluding hydrogens is 378 g/mol. The van der Waals surface area contributed by atoms with E-state index in [-0.39, 0.29) is 17.9 Å². The molecule has 1 aliphatic rings. The van der Waals surface area contributed by atoms with Gasteiger partial charge in [0, 0.05) is 25.2 Å². The fourth-order valence-corrected chi connectivity index (χ4v) is 3.37. The lowest BCUT2D eigenvalue weighted by atomic mass is 9.97. The summed E-state index contributed by atoms with van der Waals surface area (Å²) in [5, 5.41) is 7.28. The van der Waals surface area contributed by atoms with Crippen molar-refractivity contribution in [3.05, 3.63) is 29.3 Å². The van der Waals surface area contributed by atoms with Crippen LogP contribution in [0.25, 0.3) is 0 Å². The zero-order chi connectivity index (χ0) is 20.4. The van der Waals surface area contributed by atoms with Crippen LogP contribution in [-0.2, 0) is 4.79 Å².